The van der Waals surface area contributed by atoms with Crippen LogP contribution in [0.5, 0.6) is 0 Å². The first-order valence-electron chi connectivity index (χ1n) is 8.17. The van der Waals surface area contributed by atoms with E-state index in [1.807, 2.05) is 0 Å². The molecular formula is C17H19F3N2O3. The van der Waals surface area contributed by atoms with Crippen LogP contribution in [0.25, 0.3) is 11.0 Å². The van der Waals surface area contributed by atoms with Gasteiger partial charge in [0.25, 0.3) is 0 Å². The van der Waals surface area contributed by atoms with Gasteiger partial charge in [0.1, 0.15) is 0 Å². The van der Waals surface area contributed by atoms with Crippen LogP contribution in [0.4, 0.5) is 13.2 Å². The summed E-state index contributed by atoms with van der Waals surface area (Å²) in [6.07, 6.45) is -1.65. The van der Waals surface area contributed by atoms with Gasteiger partial charge < -0.3 is 9.72 Å². The highest BCUT2D eigenvalue weighted by Gasteiger charge is 2.31. The van der Waals surface area contributed by atoms with Crippen LogP contribution in [0.15, 0.2) is 23.0 Å². The molecule has 1 aliphatic rings. The largest absolute Gasteiger partial charge is 0.469 e. The molecule has 1 aliphatic carbocycles. The molecule has 1 aromatic heterocycles. The number of carbonyl (C=O) groups excluding carboxylic acids is 1. The lowest BCUT2D eigenvalue weighted by Crippen LogP contribution is -2.27. The molecule has 1 heterocycles. The molecule has 0 atom stereocenters. The number of nitrogens with zero attached hydrogens (tertiary/aromatic N) is 1. The molecule has 0 saturated heterocycles. The normalized spacial score (nSPS) is 21.4. The number of imidazole rings is 1. The molecule has 1 N–H and O–H groups in total. The molecule has 0 spiro atoms. The van der Waals surface area contributed by atoms with Crippen LogP contribution >= 0.6 is 0 Å². The lowest BCUT2D eigenvalue weighted by atomic mass is 9.82. The topological polar surface area (TPSA) is 64.1 Å². The molecular weight excluding hydrogens is 337 g/mol. The number of hydrogen-bond donors (Lipinski definition) is 1. The third-order valence-electron chi connectivity index (χ3n) is 4.92. The SMILES string of the molecule is COC(=O)C1CCC(Cn2c(=O)[nH]c3ccc(C(F)(F)F)cc32)CC1. The van der Waals surface area contributed by atoms with E-state index in [4.69, 9.17) is 4.74 Å². The molecule has 1 fully saturated rings. The molecule has 8 heteroatoms. The van der Waals surface area contributed by atoms with E-state index in [2.05, 4.69) is 4.98 Å². The molecule has 0 radical (unpaired) electrons. The van der Waals surface area contributed by atoms with Crippen molar-refractivity contribution in [3.63, 3.8) is 0 Å². The molecule has 1 aromatic carbocycles. The number of fused-ring (bicyclic) bond motifs is 1. The van der Waals surface area contributed by atoms with Crippen molar-refractivity contribution in [1.82, 2.24) is 9.55 Å². The van der Waals surface area contributed by atoms with Gasteiger partial charge in [-0.05, 0) is 49.8 Å². The van der Waals surface area contributed by atoms with Gasteiger partial charge in [0, 0.05) is 6.54 Å². The standard InChI is InChI=1S/C17H19F3N2O3/c1-25-15(23)11-4-2-10(3-5-11)9-22-14-8-12(17(18,19)20)6-7-13(14)21-16(22)24/h6-8,10-11H,2-5,9H2,1H3,(H,21,24). The highest BCUT2D eigenvalue weighted by molar-refractivity contribution is 5.76. The summed E-state index contributed by atoms with van der Waals surface area (Å²) >= 11 is 0. The minimum absolute atomic E-state index is 0.127. The van der Waals surface area contributed by atoms with Crippen molar-refractivity contribution in [2.75, 3.05) is 7.11 Å². The van der Waals surface area contributed by atoms with Crippen LogP contribution in [0.1, 0.15) is 31.2 Å². The Morgan fingerprint density at radius 1 is 1.28 bits per heavy atom. The number of ether oxygens (including phenoxy) is 1. The zero-order chi connectivity index (χ0) is 18.2. The van der Waals surface area contributed by atoms with Gasteiger partial charge >= 0.3 is 17.8 Å². The third-order valence-corrected chi connectivity index (χ3v) is 4.92. The summed E-state index contributed by atoms with van der Waals surface area (Å²) in [6, 6.07) is 3.25. The molecule has 136 valence electrons. The van der Waals surface area contributed by atoms with Gasteiger partial charge in [-0.15, -0.1) is 0 Å². The Morgan fingerprint density at radius 3 is 2.56 bits per heavy atom. The van der Waals surface area contributed by atoms with Gasteiger partial charge in [0.05, 0.1) is 29.6 Å². The number of carbonyl (C=O) groups is 1. The number of aromatic nitrogens is 2. The van der Waals surface area contributed by atoms with Crippen molar-refractivity contribution in [2.24, 2.45) is 11.8 Å². The van der Waals surface area contributed by atoms with Crippen LogP contribution in [-0.4, -0.2) is 22.6 Å². The summed E-state index contributed by atoms with van der Waals surface area (Å²) in [6.45, 7) is 0.341. The van der Waals surface area contributed by atoms with E-state index in [-0.39, 0.29) is 23.3 Å². The molecule has 3 rings (SSSR count). The minimum atomic E-state index is -4.45. The summed E-state index contributed by atoms with van der Waals surface area (Å²) in [5.41, 5.74) is -0.539. The van der Waals surface area contributed by atoms with Gasteiger partial charge in [-0.2, -0.15) is 13.2 Å². The second-order valence-electron chi connectivity index (χ2n) is 6.51. The fraction of sp³-hybridized carbons (Fsp3) is 0.529. The molecule has 2 aromatic rings. The first-order chi connectivity index (χ1) is 11.8. The Hall–Kier alpha value is -2.25. The maximum atomic E-state index is 12.9. The van der Waals surface area contributed by atoms with Crippen molar-refractivity contribution in [1.29, 1.82) is 0 Å². The number of methoxy groups -OCH3 is 1. The smallest absolute Gasteiger partial charge is 0.416 e. The molecule has 0 amide bonds. The number of benzene rings is 1. The van der Waals surface area contributed by atoms with Crippen molar-refractivity contribution >= 4 is 17.0 Å². The molecule has 0 aliphatic heterocycles. The Kier molecular flexibility index (Phi) is 4.62. The Labute approximate surface area is 141 Å². The average molecular weight is 356 g/mol. The van der Waals surface area contributed by atoms with E-state index in [1.165, 1.54) is 17.7 Å². The molecule has 5 nitrogen and oxygen atoms in total. The van der Waals surface area contributed by atoms with Crippen molar-refractivity contribution in [2.45, 2.75) is 38.4 Å². The monoisotopic (exact) mass is 356 g/mol. The van der Waals surface area contributed by atoms with Gasteiger partial charge in [-0.1, -0.05) is 0 Å². The van der Waals surface area contributed by atoms with Gasteiger partial charge in [0.15, 0.2) is 0 Å². The molecule has 25 heavy (non-hydrogen) atoms. The van der Waals surface area contributed by atoms with Gasteiger partial charge in [-0.3, -0.25) is 9.36 Å². The lowest BCUT2D eigenvalue weighted by Gasteiger charge is -2.27. The summed E-state index contributed by atoms with van der Waals surface area (Å²) in [7, 11) is 1.36. The third kappa shape index (κ3) is 3.57. The number of esters is 1. The minimum Gasteiger partial charge on any atom is -0.469 e. The number of nitrogens with one attached hydrogen (secondary N) is 1. The summed E-state index contributed by atoms with van der Waals surface area (Å²) < 4.78 is 44.9. The first-order valence-corrected chi connectivity index (χ1v) is 8.17. The van der Waals surface area contributed by atoms with E-state index in [9.17, 15) is 22.8 Å². The van der Waals surface area contributed by atoms with E-state index in [0.717, 1.165) is 25.0 Å². The number of hydrogen-bond acceptors (Lipinski definition) is 3. The van der Waals surface area contributed by atoms with E-state index < -0.39 is 17.4 Å². The van der Waals surface area contributed by atoms with Crippen LogP contribution in [0.2, 0.25) is 0 Å². The van der Waals surface area contributed by atoms with Crippen molar-refractivity contribution in [3.05, 3.63) is 34.2 Å². The van der Waals surface area contributed by atoms with Crippen LogP contribution in [-0.2, 0) is 22.3 Å². The Morgan fingerprint density at radius 2 is 1.96 bits per heavy atom. The highest BCUT2D eigenvalue weighted by Crippen LogP contribution is 2.33. The lowest BCUT2D eigenvalue weighted by molar-refractivity contribution is -0.146. The van der Waals surface area contributed by atoms with E-state index in [1.54, 1.807) is 0 Å². The molecule has 0 unspecified atom stereocenters. The Bertz CT molecular complexity index is 830. The second-order valence-corrected chi connectivity index (χ2v) is 6.51. The predicted molar refractivity (Wildman–Crippen MR) is 85.0 cm³/mol. The molecule has 1 saturated carbocycles. The van der Waals surface area contributed by atoms with Crippen LogP contribution < -0.4 is 5.69 Å². The van der Waals surface area contributed by atoms with E-state index >= 15 is 0 Å². The first kappa shape index (κ1) is 17.6. The number of aromatic amines is 1. The van der Waals surface area contributed by atoms with E-state index in [0.29, 0.717) is 24.9 Å². The average Bonchev–Trinajstić information content (AvgIpc) is 2.89. The van der Waals surface area contributed by atoms with Crippen LogP contribution in [0.3, 0.4) is 0 Å². The molecule has 0 bridgehead atoms. The zero-order valence-electron chi connectivity index (χ0n) is 13.7. The predicted octanol–water partition coefficient (Wildman–Crippen LogP) is 3.33. The number of halogens is 3. The fourth-order valence-corrected chi connectivity index (χ4v) is 3.52. The van der Waals surface area contributed by atoms with Crippen LogP contribution in [0, 0.1) is 11.8 Å². The van der Waals surface area contributed by atoms with Gasteiger partial charge in [-0.25, -0.2) is 4.79 Å². The second kappa shape index (κ2) is 6.57. The summed E-state index contributed by atoms with van der Waals surface area (Å²) in [5.74, 6) is -0.206. The quantitative estimate of drug-likeness (QED) is 0.858. The Balaban J connectivity index is 1.81. The van der Waals surface area contributed by atoms with Crippen molar-refractivity contribution in [3.8, 4) is 0 Å². The maximum Gasteiger partial charge on any atom is 0.416 e. The van der Waals surface area contributed by atoms with Crippen molar-refractivity contribution < 1.29 is 22.7 Å². The number of alkyl halides is 3. The maximum absolute atomic E-state index is 12.9. The number of H-pyrrole nitrogens is 1. The fourth-order valence-electron chi connectivity index (χ4n) is 3.52. The zero-order valence-corrected chi connectivity index (χ0v) is 13.7. The highest BCUT2D eigenvalue weighted by atomic mass is 19.4. The van der Waals surface area contributed by atoms with Gasteiger partial charge in [0.2, 0.25) is 0 Å². The summed E-state index contributed by atoms with van der Waals surface area (Å²) in [4.78, 5) is 26.3. The number of rotatable bonds is 3. The summed E-state index contributed by atoms with van der Waals surface area (Å²) in [5, 5.41) is 0.